The van der Waals surface area contributed by atoms with E-state index in [0.29, 0.717) is 6.54 Å². The van der Waals surface area contributed by atoms with Crippen molar-refractivity contribution in [3.63, 3.8) is 0 Å². The quantitative estimate of drug-likeness (QED) is 0.803. The number of aromatic amines is 1. The largest absolute Gasteiger partial charge is 0.357 e. The zero-order valence-corrected chi connectivity index (χ0v) is 13.9. The predicted molar refractivity (Wildman–Crippen MR) is 93.6 cm³/mol. The van der Waals surface area contributed by atoms with Gasteiger partial charge >= 0.3 is 0 Å². The minimum Gasteiger partial charge on any atom is -0.357 e. The molecule has 0 aliphatic carbocycles. The summed E-state index contributed by atoms with van der Waals surface area (Å²) < 4.78 is 1.73. The number of piperidine rings is 1. The lowest BCUT2D eigenvalue weighted by Crippen LogP contribution is -2.40. The molecule has 124 valence electrons. The van der Waals surface area contributed by atoms with E-state index in [4.69, 9.17) is 0 Å². The van der Waals surface area contributed by atoms with Crippen LogP contribution in [0.3, 0.4) is 0 Å². The molecular formula is C19H22N4O. The number of carbonyl (C=O) groups excluding carboxylic acids is 1. The summed E-state index contributed by atoms with van der Waals surface area (Å²) in [4.78, 5) is 18.3. The molecule has 4 rings (SSSR count). The summed E-state index contributed by atoms with van der Waals surface area (Å²) in [5.74, 6) is 0.140. The standard InChI is InChI=1S/C19H22N4O/c1-14-11-20-22(12-14)13-19(24)23-9-5-4-8-18(23)17-10-15-6-2-3-7-16(15)21-17/h2-3,6-7,10-12,18,21H,4-5,8-9,13H2,1H3. The van der Waals surface area contributed by atoms with Crippen LogP contribution in [0.5, 0.6) is 0 Å². The summed E-state index contributed by atoms with van der Waals surface area (Å²) in [5, 5.41) is 5.45. The molecule has 1 aliphatic rings. The Kier molecular flexibility index (Phi) is 3.84. The minimum absolute atomic E-state index is 0.135. The van der Waals surface area contributed by atoms with Gasteiger partial charge in [-0.1, -0.05) is 18.2 Å². The van der Waals surface area contributed by atoms with Gasteiger partial charge in [-0.05, 0) is 49.3 Å². The first-order valence-corrected chi connectivity index (χ1v) is 8.57. The van der Waals surface area contributed by atoms with E-state index in [0.717, 1.165) is 42.6 Å². The van der Waals surface area contributed by atoms with Gasteiger partial charge in [-0.2, -0.15) is 5.10 Å². The Balaban J connectivity index is 1.59. The van der Waals surface area contributed by atoms with Gasteiger partial charge in [-0.15, -0.1) is 0 Å². The van der Waals surface area contributed by atoms with E-state index in [1.807, 2.05) is 30.2 Å². The van der Waals surface area contributed by atoms with Crippen LogP contribution in [0.1, 0.15) is 36.6 Å². The van der Waals surface area contributed by atoms with Crippen molar-refractivity contribution in [2.45, 2.75) is 38.8 Å². The topological polar surface area (TPSA) is 53.9 Å². The third-order valence-electron chi connectivity index (χ3n) is 4.79. The maximum Gasteiger partial charge on any atom is 0.244 e. The summed E-state index contributed by atoms with van der Waals surface area (Å²) in [6.45, 7) is 3.12. The minimum atomic E-state index is 0.135. The number of aryl methyl sites for hydroxylation is 1. The fraction of sp³-hybridized carbons (Fsp3) is 0.368. The highest BCUT2D eigenvalue weighted by molar-refractivity contribution is 5.81. The van der Waals surface area contributed by atoms with Crippen LogP contribution >= 0.6 is 0 Å². The molecule has 1 fully saturated rings. The number of carbonyl (C=O) groups is 1. The first-order valence-electron chi connectivity index (χ1n) is 8.57. The Morgan fingerprint density at radius 2 is 2.21 bits per heavy atom. The molecule has 1 atom stereocenters. The number of amides is 1. The van der Waals surface area contributed by atoms with Gasteiger partial charge in [0.1, 0.15) is 6.54 Å². The zero-order chi connectivity index (χ0) is 16.5. The number of hydrogen-bond donors (Lipinski definition) is 1. The number of nitrogens with zero attached hydrogens (tertiary/aromatic N) is 3. The molecule has 0 bridgehead atoms. The molecule has 1 N–H and O–H groups in total. The van der Waals surface area contributed by atoms with E-state index >= 15 is 0 Å². The molecule has 5 heteroatoms. The molecule has 24 heavy (non-hydrogen) atoms. The molecule has 0 saturated carbocycles. The van der Waals surface area contributed by atoms with Gasteiger partial charge in [0.15, 0.2) is 0 Å². The molecule has 2 aromatic heterocycles. The Bertz CT molecular complexity index is 830. The number of likely N-dealkylation sites (tertiary alicyclic amines) is 1. The van der Waals surface area contributed by atoms with Gasteiger partial charge in [-0.25, -0.2) is 0 Å². The average molecular weight is 322 g/mol. The Labute approximate surface area is 141 Å². The van der Waals surface area contributed by atoms with Gasteiger partial charge in [0.2, 0.25) is 5.91 Å². The van der Waals surface area contributed by atoms with Gasteiger partial charge in [0.25, 0.3) is 0 Å². The third kappa shape index (κ3) is 2.82. The number of benzene rings is 1. The van der Waals surface area contributed by atoms with Crippen molar-refractivity contribution in [3.8, 4) is 0 Å². The molecular weight excluding hydrogens is 300 g/mol. The molecule has 1 aliphatic heterocycles. The number of nitrogens with one attached hydrogen (secondary N) is 1. The summed E-state index contributed by atoms with van der Waals surface area (Å²) in [6, 6.07) is 10.6. The van der Waals surface area contributed by atoms with Gasteiger partial charge < -0.3 is 9.88 Å². The van der Waals surface area contributed by atoms with E-state index in [1.54, 1.807) is 10.9 Å². The van der Waals surface area contributed by atoms with Crippen LogP contribution in [0.2, 0.25) is 0 Å². The normalized spacial score (nSPS) is 18.2. The van der Waals surface area contributed by atoms with Crippen LogP contribution in [0.25, 0.3) is 10.9 Å². The predicted octanol–water partition coefficient (Wildman–Crippen LogP) is 3.43. The molecule has 5 nitrogen and oxygen atoms in total. The fourth-order valence-corrected chi connectivity index (χ4v) is 3.61. The van der Waals surface area contributed by atoms with Crippen molar-refractivity contribution in [3.05, 3.63) is 54.0 Å². The summed E-state index contributed by atoms with van der Waals surface area (Å²) in [5.41, 5.74) is 3.35. The Morgan fingerprint density at radius 1 is 1.33 bits per heavy atom. The molecule has 1 amide bonds. The van der Waals surface area contributed by atoms with E-state index in [2.05, 4.69) is 28.3 Å². The highest BCUT2D eigenvalue weighted by Gasteiger charge is 2.29. The van der Waals surface area contributed by atoms with Crippen molar-refractivity contribution < 1.29 is 4.79 Å². The second-order valence-corrected chi connectivity index (χ2v) is 6.63. The monoisotopic (exact) mass is 322 g/mol. The van der Waals surface area contributed by atoms with Crippen LogP contribution in [-0.4, -0.2) is 32.1 Å². The maximum absolute atomic E-state index is 12.8. The van der Waals surface area contributed by atoms with Crippen molar-refractivity contribution in [1.82, 2.24) is 19.7 Å². The first-order chi connectivity index (χ1) is 11.7. The van der Waals surface area contributed by atoms with E-state index in [9.17, 15) is 4.79 Å². The summed E-state index contributed by atoms with van der Waals surface area (Å²) in [7, 11) is 0. The molecule has 1 saturated heterocycles. The highest BCUT2D eigenvalue weighted by Crippen LogP contribution is 2.32. The second kappa shape index (κ2) is 6.15. The fourth-order valence-electron chi connectivity index (χ4n) is 3.61. The second-order valence-electron chi connectivity index (χ2n) is 6.63. The lowest BCUT2D eigenvalue weighted by Gasteiger charge is -2.35. The van der Waals surface area contributed by atoms with E-state index < -0.39 is 0 Å². The van der Waals surface area contributed by atoms with Gasteiger partial charge in [-0.3, -0.25) is 9.48 Å². The molecule has 0 radical (unpaired) electrons. The molecule has 1 aromatic carbocycles. The van der Waals surface area contributed by atoms with Crippen LogP contribution in [0, 0.1) is 6.92 Å². The number of fused-ring (bicyclic) bond motifs is 1. The van der Waals surface area contributed by atoms with E-state index in [-0.39, 0.29) is 11.9 Å². The zero-order valence-electron chi connectivity index (χ0n) is 13.9. The van der Waals surface area contributed by atoms with Crippen molar-refractivity contribution in [2.75, 3.05) is 6.54 Å². The number of para-hydroxylation sites is 1. The van der Waals surface area contributed by atoms with Crippen LogP contribution in [0.15, 0.2) is 42.7 Å². The van der Waals surface area contributed by atoms with E-state index in [1.165, 1.54) is 5.39 Å². The van der Waals surface area contributed by atoms with Gasteiger partial charge in [0.05, 0.1) is 12.2 Å². The Hall–Kier alpha value is -2.56. The molecule has 3 aromatic rings. The first kappa shape index (κ1) is 15.0. The lowest BCUT2D eigenvalue weighted by atomic mass is 9.99. The molecule has 0 spiro atoms. The van der Waals surface area contributed by atoms with Gasteiger partial charge in [0, 0.05) is 24.0 Å². The molecule has 1 unspecified atom stereocenters. The highest BCUT2D eigenvalue weighted by atomic mass is 16.2. The number of hydrogen-bond acceptors (Lipinski definition) is 2. The summed E-state index contributed by atoms with van der Waals surface area (Å²) >= 11 is 0. The average Bonchev–Trinajstić information content (AvgIpc) is 3.20. The SMILES string of the molecule is Cc1cnn(CC(=O)N2CCCCC2c2cc3ccccc3[nH]2)c1. The maximum atomic E-state index is 12.8. The smallest absolute Gasteiger partial charge is 0.244 e. The number of H-pyrrole nitrogens is 1. The van der Waals surface area contributed by atoms with Crippen LogP contribution < -0.4 is 0 Å². The summed E-state index contributed by atoms with van der Waals surface area (Å²) in [6.07, 6.45) is 6.94. The van der Waals surface area contributed by atoms with Crippen LogP contribution in [-0.2, 0) is 11.3 Å². The number of rotatable bonds is 3. The number of aromatic nitrogens is 3. The Morgan fingerprint density at radius 3 is 3.00 bits per heavy atom. The van der Waals surface area contributed by atoms with Crippen molar-refractivity contribution in [2.24, 2.45) is 0 Å². The van der Waals surface area contributed by atoms with Crippen molar-refractivity contribution >= 4 is 16.8 Å². The van der Waals surface area contributed by atoms with Crippen molar-refractivity contribution in [1.29, 1.82) is 0 Å². The third-order valence-corrected chi connectivity index (χ3v) is 4.79. The van der Waals surface area contributed by atoms with Crippen LogP contribution in [0.4, 0.5) is 0 Å². The molecule has 3 heterocycles. The lowest BCUT2D eigenvalue weighted by molar-refractivity contribution is -0.136.